The highest BCUT2D eigenvalue weighted by atomic mass is 16.3. The van der Waals surface area contributed by atoms with Crippen molar-refractivity contribution in [2.75, 3.05) is 17.6 Å². The van der Waals surface area contributed by atoms with Gasteiger partial charge in [-0.1, -0.05) is 6.42 Å². The number of nitrogens with two attached hydrogens (primary N) is 2. The van der Waals surface area contributed by atoms with Crippen molar-refractivity contribution in [1.29, 1.82) is 0 Å². The first-order chi connectivity index (χ1) is 9.06. The topological polar surface area (TPSA) is 101 Å². The van der Waals surface area contributed by atoms with Crippen LogP contribution in [0, 0.1) is 5.92 Å². The van der Waals surface area contributed by atoms with Crippen molar-refractivity contribution >= 4 is 17.3 Å². The second kappa shape index (κ2) is 5.93. The maximum atomic E-state index is 11.3. The maximum absolute atomic E-state index is 11.3. The monoisotopic (exact) mass is 263 g/mol. The molecule has 2 rings (SSSR count). The molecule has 0 radical (unpaired) electrons. The molecule has 19 heavy (non-hydrogen) atoms. The van der Waals surface area contributed by atoms with E-state index in [-0.39, 0.29) is 6.10 Å². The van der Waals surface area contributed by atoms with Gasteiger partial charge in [-0.3, -0.25) is 4.79 Å². The summed E-state index contributed by atoms with van der Waals surface area (Å²) in [6.45, 7) is 0.723. The van der Waals surface area contributed by atoms with Crippen molar-refractivity contribution in [3.63, 3.8) is 0 Å². The zero-order valence-corrected chi connectivity index (χ0v) is 10.9. The van der Waals surface area contributed by atoms with Gasteiger partial charge in [0, 0.05) is 17.9 Å². The van der Waals surface area contributed by atoms with Gasteiger partial charge in [0.15, 0.2) is 0 Å². The number of primary amides is 1. The van der Waals surface area contributed by atoms with Gasteiger partial charge in [0.05, 0.1) is 11.7 Å². The van der Waals surface area contributed by atoms with Crippen molar-refractivity contribution in [3.8, 4) is 0 Å². The molecule has 2 atom stereocenters. The molecule has 1 aromatic rings. The fraction of sp³-hybridized carbons (Fsp3) is 0.500. The van der Waals surface area contributed by atoms with Crippen LogP contribution in [0.15, 0.2) is 18.2 Å². The van der Waals surface area contributed by atoms with Gasteiger partial charge in [-0.05, 0) is 43.4 Å². The first-order valence-electron chi connectivity index (χ1n) is 6.67. The molecule has 0 spiro atoms. The van der Waals surface area contributed by atoms with Crippen LogP contribution in [0.2, 0.25) is 0 Å². The Morgan fingerprint density at radius 1 is 1.42 bits per heavy atom. The smallest absolute Gasteiger partial charge is 0.250 e. The van der Waals surface area contributed by atoms with Crippen LogP contribution in [0.25, 0.3) is 0 Å². The number of carbonyl (C=O) groups excluding carboxylic acids is 1. The fourth-order valence-corrected chi connectivity index (χ4v) is 2.63. The van der Waals surface area contributed by atoms with Crippen LogP contribution in [0.3, 0.4) is 0 Å². The number of anilines is 2. The van der Waals surface area contributed by atoms with E-state index in [1.54, 1.807) is 18.2 Å². The Morgan fingerprint density at radius 2 is 2.21 bits per heavy atom. The molecule has 2 unspecified atom stereocenters. The minimum absolute atomic E-state index is 0.197. The van der Waals surface area contributed by atoms with Gasteiger partial charge in [-0.2, -0.15) is 0 Å². The molecule has 5 nitrogen and oxygen atoms in total. The van der Waals surface area contributed by atoms with Crippen molar-refractivity contribution < 1.29 is 9.90 Å². The van der Waals surface area contributed by atoms with E-state index in [1.807, 2.05) is 0 Å². The molecule has 5 heteroatoms. The third kappa shape index (κ3) is 3.61. The summed E-state index contributed by atoms with van der Waals surface area (Å²) in [6.07, 6.45) is 3.64. The summed E-state index contributed by atoms with van der Waals surface area (Å²) < 4.78 is 0. The second-order valence-electron chi connectivity index (χ2n) is 5.24. The quantitative estimate of drug-likeness (QED) is 0.615. The van der Waals surface area contributed by atoms with Crippen molar-refractivity contribution in [2.24, 2.45) is 11.7 Å². The molecule has 1 aliphatic rings. The van der Waals surface area contributed by atoms with Crippen LogP contribution >= 0.6 is 0 Å². The molecule has 1 aliphatic carbocycles. The highest BCUT2D eigenvalue weighted by Gasteiger charge is 2.20. The Morgan fingerprint density at radius 3 is 2.89 bits per heavy atom. The molecule has 1 saturated carbocycles. The number of aliphatic hydroxyl groups excluding tert-OH is 1. The van der Waals surface area contributed by atoms with Crippen LogP contribution in [-0.4, -0.2) is 23.7 Å². The Kier molecular flexibility index (Phi) is 4.27. The number of benzene rings is 1. The SMILES string of the molecule is NC(=O)c1ccc(N)cc1NCC1CCCC(O)C1. The zero-order valence-electron chi connectivity index (χ0n) is 10.9. The first kappa shape index (κ1) is 13.7. The first-order valence-corrected chi connectivity index (χ1v) is 6.67. The Balaban J connectivity index is 2.02. The lowest BCUT2D eigenvalue weighted by atomic mass is 9.87. The van der Waals surface area contributed by atoms with Gasteiger partial charge in [-0.15, -0.1) is 0 Å². The number of aliphatic hydroxyl groups is 1. The van der Waals surface area contributed by atoms with E-state index in [1.165, 1.54) is 0 Å². The predicted octanol–water partition coefficient (Wildman–Crippen LogP) is 1.33. The zero-order chi connectivity index (χ0) is 13.8. The molecule has 1 amide bonds. The molecule has 1 fully saturated rings. The minimum atomic E-state index is -0.467. The van der Waals surface area contributed by atoms with Crippen LogP contribution in [0.5, 0.6) is 0 Å². The van der Waals surface area contributed by atoms with Gasteiger partial charge in [0.1, 0.15) is 0 Å². The number of amides is 1. The van der Waals surface area contributed by atoms with Gasteiger partial charge in [-0.25, -0.2) is 0 Å². The molecule has 0 aromatic heterocycles. The standard InChI is InChI=1S/C14H21N3O2/c15-10-4-5-12(14(16)19)13(7-10)17-8-9-2-1-3-11(18)6-9/h4-5,7,9,11,17-18H,1-3,6,8,15H2,(H2,16,19). The van der Waals surface area contributed by atoms with E-state index >= 15 is 0 Å². The lowest BCUT2D eigenvalue weighted by molar-refractivity contribution is 0.0998. The van der Waals surface area contributed by atoms with E-state index in [0.29, 0.717) is 22.9 Å². The van der Waals surface area contributed by atoms with Crippen LogP contribution < -0.4 is 16.8 Å². The molecule has 104 valence electrons. The Labute approximate surface area is 113 Å². The number of hydrogen-bond donors (Lipinski definition) is 4. The Hall–Kier alpha value is -1.75. The highest BCUT2D eigenvalue weighted by Crippen LogP contribution is 2.26. The fourth-order valence-electron chi connectivity index (χ4n) is 2.63. The highest BCUT2D eigenvalue weighted by molar-refractivity contribution is 5.99. The Bertz CT molecular complexity index is 462. The normalized spacial score (nSPS) is 23.0. The molecule has 0 saturated heterocycles. The molecular weight excluding hydrogens is 242 g/mol. The maximum Gasteiger partial charge on any atom is 0.250 e. The van der Waals surface area contributed by atoms with Gasteiger partial charge >= 0.3 is 0 Å². The van der Waals surface area contributed by atoms with E-state index < -0.39 is 5.91 Å². The molecule has 6 N–H and O–H groups in total. The number of hydrogen-bond acceptors (Lipinski definition) is 4. The predicted molar refractivity (Wildman–Crippen MR) is 75.8 cm³/mol. The number of rotatable bonds is 4. The summed E-state index contributed by atoms with van der Waals surface area (Å²) in [6, 6.07) is 5.02. The van der Waals surface area contributed by atoms with E-state index in [0.717, 1.165) is 32.2 Å². The second-order valence-corrected chi connectivity index (χ2v) is 5.24. The summed E-state index contributed by atoms with van der Waals surface area (Å²) in [5, 5.41) is 12.9. The van der Waals surface area contributed by atoms with Crippen LogP contribution in [0.4, 0.5) is 11.4 Å². The van der Waals surface area contributed by atoms with Crippen LogP contribution in [0.1, 0.15) is 36.0 Å². The minimum Gasteiger partial charge on any atom is -0.399 e. The third-order valence-corrected chi connectivity index (χ3v) is 3.65. The average Bonchev–Trinajstić information content (AvgIpc) is 2.36. The molecule has 1 aromatic carbocycles. The summed E-state index contributed by atoms with van der Waals surface area (Å²) >= 11 is 0. The largest absolute Gasteiger partial charge is 0.399 e. The van der Waals surface area contributed by atoms with E-state index in [9.17, 15) is 9.90 Å². The van der Waals surface area contributed by atoms with Gasteiger partial charge in [0.25, 0.3) is 5.91 Å². The molecule has 0 heterocycles. The lowest BCUT2D eigenvalue weighted by Gasteiger charge is -2.26. The molecule has 0 bridgehead atoms. The van der Waals surface area contributed by atoms with Crippen molar-refractivity contribution in [2.45, 2.75) is 31.8 Å². The summed E-state index contributed by atoms with van der Waals surface area (Å²) in [5.74, 6) is -0.0444. The van der Waals surface area contributed by atoms with E-state index in [4.69, 9.17) is 11.5 Å². The summed E-state index contributed by atoms with van der Waals surface area (Å²) in [7, 11) is 0. The third-order valence-electron chi connectivity index (χ3n) is 3.65. The van der Waals surface area contributed by atoms with Crippen molar-refractivity contribution in [1.82, 2.24) is 0 Å². The average molecular weight is 263 g/mol. The number of nitrogens with one attached hydrogen (secondary N) is 1. The summed E-state index contributed by atoms with van der Waals surface area (Å²) in [4.78, 5) is 11.3. The summed E-state index contributed by atoms with van der Waals surface area (Å²) in [5.41, 5.74) is 12.8. The molecular formula is C14H21N3O2. The van der Waals surface area contributed by atoms with Crippen LogP contribution in [-0.2, 0) is 0 Å². The van der Waals surface area contributed by atoms with Gasteiger partial charge in [0.2, 0.25) is 0 Å². The van der Waals surface area contributed by atoms with E-state index in [2.05, 4.69) is 5.32 Å². The number of carbonyl (C=O) groups is 1. The molecule has 0 aliphatic heterocycles. The van der Waals surface area contributed by atoms with Crippen molar-refractivity contribution in [3.05, 3.63) is 23.8 Å². The number of nitrogen functional groups attached to an aromatic ring is 1. The van der Waals surface area contributed by atoms with Gasteiger partial charge < -0.3 is 21.9 Å². The lowest BCUT2D eigenvalue weighted by Crippen LogP contribution is -2.25.